The van der Waals surface area contributed by atoms with Crippen LogP contribution in [0.4, 0.5) is 23.3 Å². The van der Waals surface area contributed by atoms with E-state index in [-0.39, 0.29) is 11.2 Å². The molecular formula is C17H16ClN5O. The Morgan fingerprint density at radius 3 is 2.04 bits per heavy atom. The smallest absolute Gasteiger partial charge is 0.240 e. The zero-order valence-corrected chi connectivity index (χ0v) is 14.0. The van der Waals surface area contributed by atoms with Gasteiger partial charge in [-0.2, -0.15) is 15.0 Å². The van der Waals surface area contributed by atoms with Crippen LogP contribution in [-0.2, 0) is 0 Å². The summed E-state index contributed by atoms with van der Waals surface area (Å²) in [6.45, 7) is 2.03. The third kappa shape index (κ3) is 3.38. The van der Waals surface area contributed by atoms with Crippen molar-refractivity contribution in [2.24, 2.45) is 0 Å². The van der Waals surface area contributed by atoms with Crippen LogP contribution in [0.5, 0.6) is 5.75 Å². The van der Waals surface area contributed by atoms with Gasteiger partial charge in [0, 0.05) is 11.4 Å². The average Bonchev–Trinajstić information content (AvgIpc) is 2.57. The van der Waals surface area contributed by atoms with Gasteiger partial charge in [-0.15, -0.1) is 0 Å². The van der Waals surface area contributed by atoms with Crippen molar-refractivity contribution in [3.05, 3.63) is 59.4 Å². The highest BCUT2D eigenvalue weighted by molar-refractivity contribution is 6.28. The fourth-order valence-electron chi connectivity index (χ4n) is 2.26. The Labute approximate surface area is 144 Å². The first kappa shape index (κ1) is 16.0. The molecule has 0 atom stereocenters. The summed E-state index contributed by atoms with van der Waals surface area (Å²) in [7, 11) is 1.62. The molecule has 0 fully saturated rings. The Balaban J connectivity index is 2.13. The number of halogens is 1. The first-order chi connectivity index (χ1) is 11.6. The van der Waals surface area contributed by atoms with Crippen LogP contribution < -0.4 is 15.4 Å². The van der Waals surface area contributed by atoms with Crippen molar-refractivity contribution < 1.29 is 4.74 Å². The second-order valence-electron chi connectivity index (χ2n) is 5.13. The van der Waals surface area contributed by atoms with E-state index < -0.39 is 0 Å². The number of aromatic nitrogens is 3. The molecule has 0 saturated carbocycles. The molecule has 2 aromatic carbocycles. The number of rotatable bonds is 4. The predicted octanol–water partition coefficient (Wildman–Crippen LogP) is 3.89. The summed E-state index contributed by atoms with van der Waals surface area (Å²) in [4.78, 5) is 14.1. The largest absolute Gasteiger partial charge is 0.497 e. The van der Waals surface area contributed by atoms with Gasteiger partial charge in [0.15, 0.2) is 0 Å². The second-order valence-corrected chi connectivity index (χ2v) is 5.47. The van der Waals surface area contributed by atoms with Crippen LogP contribution in [0.3, 0.4) is 0 Å². The number of nitrogens with zero attached hydrogens (tertiary/aromatic N) is 4. The lowest BCUT2D eigenvalue weighted by atomic mass is 10.2. The highest BCUT2D eigenvalue weighted by atomic mass is 35.5. The van der Waals surface area contributed by atoms with Crippen molar-refractivity contribution in [1.82, 2.24) is 15.0 Å². The van der Waals surface area contributed by atoms with E-state index in [0.29, 0.717) is 5.95 Å². The van der Waals surface area contributed by atoms with Gasteiger partial charge in [0.2, 0.25) is 17.2 Å². The van der Waals surface area contributed by atoms with E-state index in [0.717, 1.165) is 22.7 Å². The number of nitrogen functional groups attached to an aromatic ring is 1. The predicted molar refractivity (Wildman–Crippen MR) is 95.2 cm³/mol. The van der Waals surface area contributed by atoms with Gasteiger partial charge in [0.25, 0.3) is 0 Å². The van der Waals surface area contributed by atoms with Gasteiger partial charge in [-0.1, -0.05) is 17.7 Å². The van der Waals surface area contributed by atoms with Crippen LogP contribution in [-0.4, -0.2) is 22.1 Å². The third-order valence-corrected chi connectivity index (χ3v) is 3.61. The van der Waals surface area contributed by atoms with Crippen molar-refractivity contribution in [2.75, 3.05) is 17.7 Å². The van der Waals surface area contributed by atoms with Gasteiger partial charge in [-0.25, -0.2) is 0 Å². The summed E-state index contributed by atoms with van der Waals surface area (Å²) in [5.41, 5.74) is 8.61. The maximum absolute atomic E-state index is 5.95. The molecule has 3 rings (SSSR count). The summed E-state index contributed by atoms with van der Waals surface area (Å²) in [5.74, 6) is 1.17. The zero-order valence-electron chi connectivity index (χ0n) is 13.3. The first-order valence-corrected chi connectivity index (χ1v) is 7.62. The molecule has 0 unspecified atom stereocenters. The number of hydrogen-bond donors (Lipinski definition) is 1. The summed E-state index contributed by atoms with van der Waals surface area (Å²) in [6.07, 6.45) is 0. The van der Waals surface area contributed by atoms with E-state index in [1.54, 1.807) is 7.11 Å². The van der Waals surface area contributed by atoms with E-state index in [1.165, 1.54) is 0 Å². The van der Waals surface area contributed by atoms with Crippen molar-refractivity contribution in [3.63, 3.8) is 0 Å². The Morgan fingerprint density at radius 1 is 0.917 bits per heavy atom. The minimum atomic E-state index is 0.0446. The molecule has 3 aromatic rings. The van der Waals surface area contributed by atoms with E-state index in [4.69, 9.17) is 22.1 Å². The van der Waals surface area contributed by atoms with Crippen molar-refractivity contribution in [1.29, 1.82) is 0 Å². The molecule has 6 nitrogen and oxygen atoms in total. The fraction of sp³-hybridized carbons (Fsp3) is 0.118. The molecule has 24 heavy (non-hydrogen) atoms. The Morgan fingerprint density at radius 2 is 1.50 bits per heavy atom. The lowest BCUT2D eigenvalue weighted by Gasteiger charge is -2.23. The lowest BCUT2D eigenvalue weighted by molar-refractivity contribution is 0.415. The lowest BCUT2D eigenvalue weighted by Crippen LogP contribution is -2.15. The SMILES string of the molecule is COc1ccc(N(c2ccc(C)cc2)c2nc(N)nc(Cl)n2)cc1. The molecule has 0 spiro atoms. The van der Waals surface area contributed by atoms with Crippen LogP contribution >= 0.6 is 11.6 Å². The van der Waals surface area contributed by atoms with Crippen LogP contribution in [0, 0.1) is 6.92 Å². The molecule has 0 saturated heterocycles. The molecule has 1 heterocycles. The average molecular weight is 342 g/mol. The van der Waals surface area contributed by atoms with E-state index in [2.05, 4.69) is 15.0 Å². The van der Waals surface area contributed by atoms with Crippen molar-refractivity contribution in [2.45, 2.75) is 6.92 Å². The number of ether oxygens (including phenoxy) is 1. The van der Waals surface area contributed by atoms with Gasteiger partial charge in [-0.3, -0.25) is 4.90 Å². The minimum Gasteiger partial charge on any atom is -0.497 e. The van der Waals surface area contributed by atoms with Crippen molar-refractivity contribution in [3.8, 4) is 5.75 Å². The molecule has 122 valence electrons. The number of benzene rings is 2. The minimum absolute atomic E-state index is 0.0446. The summed E-state index contributed by atoms with van der Waals surface area (Å²) in [6, 6.07) is 15.5. The Kier molecular flexibility index (Phi) is 4.48. The van der Waals surface area contributed by atoms with Crippen molar-refractivity contribution >= 4 is 34.9 Å². The molecular weight excluding hydrogens is 326 g/mol. The fourth-order valence-corrected chi connectivity index (χ4v) is 2.42. The summed E-state index contributed by atoms with van der Waals surface area (Å²) in [5, 5.41) is 0.0446. The highest BCUT2D eigenvalue weighted by Gasteiger charge is 2.17. The van der Waals surface area contributed by atoms with Gasteiger partial charge < -0.3 is 10.5 Å². The molecule has 2 N–H and O–H groups in total. The molecule has 1 aromatic heterocycles. The molecule has 0 radical (unpaired) electrons. The highest BCUT2D eigenvalue weighted by Crippen LogP contribution is 2.33. The Bertz CT molecular complexity index is 816. The third-order valence-electron chi connectivity index (χ3n) is 3.44. The van der Waals surface area contributed by atoms with Gasteiger partial charge in [0.1, 0.15) is 5.75 Å². The molecule has 0 amide bonds. The molecule has 0 bridgehead atoms. The topological polar surface area (TPSA) is 77.2 Å². The van der Waals surface area contributed by atoms with E-state index in [1.807, 2.05) is 60.4 Å². The number of anilines is 4. The molecule has 0 aliphatic heterocycles. The number of methoxy groups -OCH3 is 1. The van der Waals surface area contributed by atoms with Gasteiger partial charge >= 0.3 is 0 Å². The second kappa shape index (κ2) is 6.72. The summed E-state index contributed by atoms with van der Waals surface area (Å²) >= 11 is 5.95. The molecule has 0 aliphatic carbocycles. The maximum atomic E-state index is 5.95. The van der Waals surface area contributed by atoms with E-state index >= 15 is 0 Å². The molecule has 7 heteroatoms. The van der Waals surface area contributed by atoms with E-state index in [9.17, 15) is 0 Å². The van der Waals surface area contributed by atoms with Crippen LogP contribution in [0.15, 0.2) is 48.5 Å². The van der Waals surface area contributed by atoms with Crippen LogP contribution in [0.2, 0.25) is 5.28 Å². The zero-order chi connectivity index (χ0) is 17.1. The Hall–Kier alpha value is -2.86. The monoisotopic (exact) mass is 341 g/mol. The number of nitrogens with two attached hydrogens (primary N) is 1. The first-order valence-electron chi connectivity index (χ1n) is 7.25. The normalized spacial score (nSPS) is 10.5. The standard InChI is InChI=1S/C17H16ClN5O/c1-11-3-5-12(6-4-11)23(13-7-9-14(24-2)10-8-13)17-21-15(18)20-16(19)22-17/h3-10H,1-2H3,(H2,19,20,21,22). The van der Waals surface area contributed by atoms with Crippen LogP contribution in [0.1, 0.15) is 5.56 Å². The maximum Gasteiger partial charge on any atom is 0.240 e. The quantitative estimate of drug-likeness (QED) is 0.775. The molecule has 0 aliphatic rings. The number of hydrogen-bond acceptors (Lipinski definition) is 6. The summed E-state index contributed by atoms with van der Waals surface area (Å²) < 4.78 is 5.21. The van der Waals surface area contributed by atoms with Gasteiger partial charge in [-0.05, 0) is 54.9 Å². The van der Waals surface area contributed by atoms with Crippen LogP contribution in [0.25, 0.3) is 0 Å². The van der Waals surface area contributed by atoms with Gasteiger partial charge in [0.05, 0.1) is 7.11 Å². The number of aryl methyl sites for hydroxylation is 1.